The van der Waals surface area contributed by atoms with Crippen molar-refractivity contribution >= 4 is 58.4 Å². The van der Waals surface area contributed by atoms with E-state index in [0.717, 1.165) is 30.3 Å². The number of anilines is 2. The first-order chi connectivity index (χ1) is 22.5. The summed E-state index contributed by atoms with van der Waals surface area (Å²) < 4.78 is 112. The molecule has 0 aromatic heterocycles. The summed E-state index contributed by atoms with van der Waals surface area (Å²) in [6, 6.07) is 20.6. The Morgan fingerprint density at radius 2 is 1.19 bits per heavy atom. The second-order valence-corrected chi connectivity index (χ2v) is 14.5. The SMILES string of the molecule is O=S(=O)(O)c1cc2c(-c3ccccc3S(=O)(=O)O)c3cc(S(=O)(=O)O)c(=Nc4ccccc4O)cc-3oc2cc1Nc1ccccc1O. The van der Waals surface area contributed by atoms with Crippen molar-refractivity contribution in [1.82, 2.24) is 0 Å². The number of nitrogens with zero attached hydrogens (tertiary/aromatic N) is 1. The van der Waals surface area contributed by atoms with Crippen molar-refractivity contribution < 1.29 is 53.5 Å². The maximum Gasteiger partial charge on any atom is 0.296 e. The van der Waals surface area contributed by atoms with Gasteiger partial charge in [0.25, 0.3) is 30.4 Å². The summed E-state index contributed by atoms with van der Waals surface area (Å²) in [5, 5.41) is 22.7. The molecule has 0 radical (unpaired) electrons. The molecular formula is C31H22N2O12S3. The fraction of sp³-hybridized carbons (Fsp3) is 0. The predicted molar refractivity (Wildman–Crippen MR) is 172 cm³/mol. The summed E-state index contributed by atoms with van der Waals surface area (Å²) in [4.78, 5) is 1.99. The molecule has 0 bridgehead atoms. The number of phenolic OH excluding ortho intramolecular Hbond substituents is 2. The van der Waals surface area contributed by atoms with Gasteiger partial charge >= 0.3 is 0 Å². The minimum atomic E-state index is -5.08. The Balaban J connectivity index is 1.82. The molecule has 246 valence electrons. The second kappa shape index (κ2) is 11.7. The lowest BCUT2D eigenvalue weighted by molar-refractivity contribution is 0.475. The van der Waals surface area contributed by atoms with Crippen molar-refractivity contribution in [2.75, 3.05) is 5.32 Å². The molecule has 0 saturated carbocycles. The molecule has 1 aliphatic heterocycles. The van der Waals surface area contributed by atoms with Gasteiger partial charge in [-0.1, -0.05) is 42.5 Å². The molecule has 17 heteroatoms. The summed E-state index contributed by atoms with van der Waals surface area (Å²) in [7, 11) is -15.1. The van der Waals surface area contributed by atoms with E-state index < -0.39 is 50.4 Å². The molecule has 0 unspecified atom stereocenters. The predicted octanol–water partition coefficient (Wildman–Crippen LogP) is 5.33. The Morgan fingerprint density at radius 1 is 0.583 bits per heavy atom. The monoisotopic (exact) mass is 710 g/mol. The number of para-hydroxylation sites is 4. The van der Waals surface area contributed by atoms with E-state index in [1.807, 2.05) is 0 Å². The Bertz CT molecular complexity index is 2650. The molecule has 4 aromatic rings. The number of nitrogens with one attached hydrogen (secondary N) is 1. The Labute approximate surface area is 272 Å². The lowest BCUT2D eigenvalue weighted by Gasteiger charge is -2.20. The number of aromatic hydroxyl groups is 2. The van der Waals surface area contributed by atoms with Crippen LogP contribution in [0, 0.1) is 0 Å². The van der Waals surface area contributed by atoms with Gasteiger partial charge in [0, 0.05) is 34.2 Å². The molecule has 4 aromatic carbocycles. The van der Waals surface area contributed by atoms with Crippen LogP contribution in [0.1, 0.15) is 0 Å². The third-order valence-electron chi connectivity index (χ3n) is 7.19. The quantitative estimate of drug-likeness (QED) is 0.0698. The highest BCUT2D eigenvalue weighted by molar-refractivity contribution is 7.86. The van der Waals surface area contributed by atoms with Crippen LogP contribution in [-0.4, -0.2) is 49.1 Å². The number of fused-ring (bicyclic) bond motifs is 2. The largest absolute Gasteiger partial charge is 0.506 e. The van der Waals surface area contributed by atoms with Gasteiger partial charge in [0.1, 0.15) is 43.2 Å². The molecule has 0 fully saturated rings. The van der Waals surface area contributed by atoms with E-state index >= 15 is 0 Å². The van der Waals surface area contributed by atoms with Crippen LogP contribution >= 0.6 is 0 Å². The van der Waals surface area contributed by atoms with E-state index in [1.54, 1.807) is 6.07 Å². The van der Waals surface area contributed by atoms with Crippen LogP contribution in [0.5, 0.6) is 11.5 Å². The van der Waals surface area contributed by atoms with Gasteiger partial charge in [-0.2, -0.15) is 25.3 Å². The average Bonchev–Trinajstić information content (AvgIpc) is 3.00. The summed E-state index contributed by atoms with van der Waals surface area (Å²) in [5.41, 5.74) is -1.08. The first-order valence-electron chi connectivity index (χ1n) is 13.5. The first-order valence-corrected chi connectivity index (χ1v) is 17.8. The molecule has 48 heavy (non-hydrogen) atoms. The van der Waals surface area contributed by atoms with Crippen molar-refractivity contribution in [2.45, 2.75) is 14.7 Å². The fourth-order valence-electron chi connectivity index (χ4n) is 5.14. The van der Waals surface area contributed by atoms with Crippen molar-refractivity contribution in [3.05, 3.63) is 102 Å². The lowest BCUT2D eigenvalue weighted by Crippen LogP contribution is -2.16. The topological polar surface area (TPSA) is 241 Å². The summed E-state index contributed by atoms with van der Waals surface area (Å²) >= 11 is 0. The fourth-order valence-corrected chi connectivity index (χ4v) is 7.13. The van der Waals surface area contributed by atoms with Gasteiger partial charge in [-0.3, -0.25) is 13.7 Å². The van der Waals surface area contributed by atoms with Gasteiger partial charge in [0.05, 0.1) is 16.7 Å². The summed E-state index contributed by atoms with van der Waals surface area (Å²) in [6.45, 7) is 0. The van der Waals surface area contributed by atoms with Gasteiger partial charge in [0.15, 0.2) is 0 Å². The molecule has 6 rings (SSSR count). The highest BCUT2D eigenvalue weighted by Gasteiger charge is 2.28. The van der Waals surface area contributed by atoms with Crippen LogP contribution in [0.4, 0.5) is 17.1 Å². The van der Waals surface area contributed by atoms with Crippen LogP contribution in [0.25, 0.3) is 33.4 Å². The second-order valence-electron chi connectivity index (χ2n) is 10.3. The lowest BCUT2D eigenvalue weighted by atomic mass is 9.93. The standard InChI is InChI=1S/C31H22N2O12S3/c34-24-10-4-2-8-20(24)32-22-15-26-18(13-29(22)47(39,40)41)31(17-7-1-6-12-28(17)46(36,37)38)19-14-30(48(42,43)44)23(16-27(19)45-26)33-21-9-3-5-11-25(21)35/h1-16,32,34-35H,(H,36,37,38)(H,39,40,41)(H,42,43,44). The van der Waals surface area contributed by atoms with Crippen molar-refractivity contribution in [2.24, 2.45) is 4.99 Å². The number of hydrogen-bond acceptors (Lipinski definition) is 11. The van der Waals surface area contributed by atoms with E-state index in [9.17, 15) is 49.1 Å². The minimum absolute atomic E-state index is 0.0426. The van der Waals surface area contributed by atoms with Gasteiger partial charge in [0.2, 0.25) is 0 Å². The normalized spacial score (nSPS) is 12.9. The molecule has 1 aliphatic carbocycles. The van der Waals surface area contributed by atoms with Gasteiger partial charge < -0.3 is 19.9 Å². The molecular weight excluding hydrogens is 689 g/mol. The highest BCUT2D eigenvalue weighted by Crippen LogP contribution is 2.45. The maximum atomic E-state index is 12.7. The maximum absolute atomic E-state index is 12.7. The van der Waals surface area contributed by atoms with Gasteiger partial charge in [-0.25, -0.2) is 4.99 Å². The molecule has 0 spiro atoms. The van der Waals surface area contributed by atoms with E-state index in [4.69, 9.17) is 4.42 Å². The summed E-state index contributed by atoms with van der Waals surface area (Å²) in [6.07, 6.45) is 0. The first kappa shape index (κ1) is 32.6. The zero-order valence-corrected chi connectivity index (χ0v) is 26.5. The van der Waals surface area contributed by atoms with E-state index in [2.05, 4.69) is 10.3 Å². The van der Waals surface area contributed by atoms with E-state index in [0.29, 0.717) is 0 Å². The molecule has 1 heterocycles. The van der Waals surface area contributed by atoms with Crippen molar-refractivity contribution in [1.29, 1.82) is 0 Å². The smallest absolute Gasteiger partial charge is 0.296 e. The van der Waals surface area contributed by atoms with Crippen molar-refractivity contribution in [3.63, 3.8) is 0 Å². The molecule has 0 saturated heterocycles. The molecule has 0 amide bonds. The van der Waals surface area contributed by atoms with Crippen LogP contribution in [0.2, 0.25) is 0 Å². The number of rotatable bonds is 7. The number of hydrogen-bond donors (Lipinski definition) is 6. The van der Waals surface area contributed by atoms with Crippen LogP contribution < -0.4 is 10.7 Å². The number of benzene rings is 5. The van der Waals surface area contributed by atoms with Crippen LogP contribution in [-0.2, 0) is 30.4 Å². The third-order valence-corrected chi connectivity index (χ3v) is 9.88. The van der Waals surface area contributed by atoms with Crippen molar-refractivity contribution in [3.8, 4) is 33.9 Å². The minimum Gasteiger partial charge on any atom is -0.506 e. The van der Waals surface area contributed by atoms with Gasteiger partial charge in [-0.15, -0.1) is 0 Å². The molecule has 6 N–H and O–H groups in total. The zero-order valence-electron chi connectivity index (χ0n) is 24.0. The highest BCUT2D eigenvalue weighted by atomic mass is 32.2. The van der Waals surface area contributed by atoms with Crippen LogP contribution in [0.3, 0.4) is 0 Å². The zero-order chi connectivity index (χ0) is 34.6. The van der Waals surface area contributed by atoms with E-state index in [1.165, 1.54) is 60.7 Å². The van der Waals surface area contributed by atoms with Gasteiger partial charge in [-0.05, 0) is 42.5 Å². The third kappa shape index (κ3) is 6.20. The Morgan fingerprint density at radius 3 is 1.83 bits per heavy atom. The number of phenols is 2. The van der Waals surface area contributed by atoms with Crippen LogP contribution in [0.15, 0.2) is 121 Å². The van der Waals surface area contributed by atoms with E-state index in [-0.39, 0.29) is 62.0 Å². The molecule has 0 atom stereocenters. The molecule has 2 aliphatic rings. The average molecular weight is 711 g/mol. The molecule has 14 nitrogen and oxygen atoms in total. The Kier molecular flexibility index (Phi) is 7.98. The Hall–Kier alpha value is -5.30. The summed E-state index contributed by atoms with van der Waals surface area (Å²) in [5.74, 6) is -0.766.